The predicted octanol–water partition coefficient (Wildman–Crippen LogP) is 0.571. The number of nitrogen functional groups attached to an aromatic ring is 1. The number of sulfonamides is 1. The first-order chi connectivity index (χ1) is 8.47. The molecular weight excluding hydrogens is 250 g/mol. The Bertz CT molecular complexity index is 528. The van der Waals surface area contributed by atoms with E-state index in [1.54, 1.807) is 0 Å². The molecule has 0 radical (unpaired) electrons. The highest BCUT2D eigenvalue weighted by Gasteiger charge is 2.18. The van der Waals surface area contributed by atoms with Gasteiger partial charge in [0.05, 0.1) is 6.26 Å². The van der Waals surface area contributed by atoms with E-state index in [9.17, 15) is 8.42 Å². The van der Waals surface area contributed by atoms with Crippen molar-refractivity contribution < 1.29 is 8.42 Å². The number of hydrogen-bond donors (Lipinski definition) is 2. The van der Waals surface area contributed by atoms with Crippen LogP contribution in [0.5, 0.6) is 0 Å². The molecule has 1 aliphatic rings. The van der Waals surface area contributed by atoms with Gasteiger partial charge in [0, 0.05) is 31.0 Å². The smallest absolute Gasteiger partial charge is 0.208 e. The van der Waals surface area contributed by atoms with Crippen molar-refractivity contribution in [3.05, 3.63) is 23.8 Å². The average Bonchev–Trinajstić information content (AvgIpc) is 2.29. The van der Waals surface area contributed by atoms with E-state index < -0.39 is 10.0 Å². The van der Waals surface area contributed by atoms with Gasteiger partial charge in [0.2, 0.25) is 10.0 Å². The summed E-state index contributed by atoms with van der Waals surface area (Å²) < 4.78 is 24.6. The van der Waals surface area contributed by atoms with Crippen LogP contribution in [0.25, 0.3) is 0 Å². The zero-order chi connectivity index (χ0) is 13.2. The summed E-state index contributed by atoms with van der Waals surface area (Å²) in [7, 11) is -3.11. The fourth-order valence-corrected chi connectivity index (χ4v) is 2.79. The maximum Gasteiger partial charge on any atom is 0.208 e. The number of rotatable bonds is 4. The summed E-state index contributed by atoms with van der Waals surface area (Å²) in [5, 5.41) is 0. The van der Waals surface area contributed by atoms with Gasteiger partial charge in [0.15, 0.2) is 0 Å². The molecule has 0 unspecified atom stereocenters. The Balaban J connectivity index is 2.06. The monoisotopic (exact) mass is 269 g/mol. The highest BCUT2D eigenvalue weighted by molar-refractivity contribution is 7.88. The van der Waals surface area contributed by atoms with Crippen LogP contribution in [-0.2, 0) is 16.4 Å². The second kappa shape index (κ2) is 5.16. The van der Waals surface area contributed by atoms with Crippen LogP contribution in [0.1, 0.15) is 12.0 Å². The molecule has 0 saturated heterocycles. The van der Waals surface area contributed by atoms with Crippen molar-refractivity contribution in [2.24, 2.45) is 0 Å². The number of benzene rings is 1. The van der Waals surface area contributed by atoms with Crippen LogP contribution in [0.3, 0.4) is 0 Å². The zero-order valence-electron chi connectivity index (χ0n) is 10.5. The number of anilines is 2. The predicted molar refractivity (Wildman–Crippen MR) is 74.2 cm³/mol. The quantitative estimate of drug-likeness (QED) is 0.784. The Hall–Kier alpha value is -1.27. The third-order valence-corrected chi connectivity index (χ3v) is 3.86. The molecule has 0 spiro atoms. The molecule has 2 rings (SSSR count). The summed E-state index contributed by atoms with van der Waals surface area (Å²) >= 11 is 0. The zero-order valence-corrected chi connectivity index (χ0v) is 11.3. The van der Waals surface area contributed by atoms with Crippen LogP contribution in [0, 0.1) is 0 Å². The fraction of sp³-hybridized carbons (Fsp3) is 0.500. The van der Waals surface area contributed by atoms with E-state index in [0.29, 0.717) is 13.1 Å². The standard InChI is InChI=1S/C12H19N3O2S/c1-18(16,17)14-7-9-15-8-3-4-10-11(13)5-2-6-12(10)15/h2,5-6,14H,3-4,7-9,13H2,1H3. The molecule has 0 aliphatic carbocycles. The second-order valence-electron chi connectivity index (χ2n) is 4.60. The van der Waals surface area contributed by atoms with Gasteiger partial charge in [-0.15, -0.1) is 0 Å². The van der Waals surface area contributed by atoms with Crippen molar-refractivity contribution >= 4 is 21.4 Å². The van der Waals surface area contributed by atoms with Crippen molar-refractivity contribution in [2.45, 2.75) is 12.8 Å². The molecule has 18 heavy (non-hydrogen) atoms. The van der Waals surface area contributed by atoms with Crippen LogP contribution in [0.2, 0.25) is 0 Å². The molecule has 1 aromatic rings. The molecule has 0 fully saturated rings. The average molecular weight is 269 g/mol. The third kappa shape index (κ3) is 3.14. The van der Waals surface area contributed by atoms with Gasteiger partial charge in [-0.1, -0.05) is 6.07 Å². The lowest BCUT2D eigenvalue weighted by molar-refractivity contribution is 0.585. The molecule has 3 N–H and O–H groups in total. The van der Waals surface area contributed by atoms with E-state index in [2.05, 4.69) is 9.62 Å². The van der Waals surface area contributed by atoms with E-state index in [1.807, 2.05) is 18.2 Å². The van der Waals surface area contributed by atoms with Gasteiger partial charge in [0.25, 0.3) is 0 Å². The number of nitrogens with one attached hydrogen (secondary N) is 1. The highest BCUT2D eigenvalue weighted by atomic mass is 32.2. The van der Waals surface area contributed by atoms with Crippen molar-refractivity contribution in [1.82, 2.24) is 4.72 Å². The first-order valence-corrected chi connectivity index (χ1v) is 7.93. The van der Waals surface area contributed by atoms with Crippen LogP contribution in [0.4, 0.5) is 11.4 Å². The summed E-state index contributed by atoms with van der Waals surface area (Å²) in [5.41, 5.74) is 9.11. The number of fused-ring (bicyclic) bond motifs is 1. The molecule has 0 saturated carbocycles. The lowest BCUT2D eigenvalue weighted by Gasteiger charge is -2.32. The summed E-state index contributed by atoms with van der Waals surface area (Å²) in [6.45, 7) is 2.04. The number of nitrogens with zero attached hydrogens (tertiary/aromatic N) is 1. The van der Waals surface area contributed by atoms with Crippen LogP contribution < -0.4 is 15.4 Å². The minimum Gasteiger partial charge on any atom is -0.398 e. The molecule has 1 aliphatic heterocycles. The van der Waals surface area contributed by atoms with Crippen molar-refractivity contribution in [1.29, 1.82) is 0 Å². The van der Waals surface area contributed by atoms with Gasteiger partial charge in [0.1, 0.15) is 0 Å². The molecule has 0 atom stereocenters. The molecule has 100 valence electrons. The Morgan fingerprint density at radius 2 is 2.22 bits per heavy atom. The highest BCUT2D eigenvalue weighted by Crippen LogP contribution is 2.30. The Kier molecular flexibility index (Phi) is 3.77. The van der Waals surface area contributed by atoms with E-state index >= 15 is 0 Å². The minimum atomic E-state index is -3.11. The van der Waals surface area contributed by atoms with Crippen molar-refractivity contribution in [3.8, 4) is 0 Å². The summed E-state index contributed by atoms with van der Waals surface area (Å²) in [6.07, 6.45) is 3.23. The third-order valence-electron chi connectivity index (χ3n) is 3.13. The maximum absolute atomic E-state index is 11.0. The van der Waals surface area contributed by atoms with Crippen LogP contribution >= 0.6 is 0 Å². The summed E-state index contributed by atoms with van der Waals surface area (Å²) in [4.78, 5) is 2.19. The van der Waals surface area contributed by atoms with Gasteiger partial charge < -0.3 is 10.6 Å². The molecule has 0 bridgehead atoms. The van der Waals surface area contributed by atoms with E-state index in [4.69, 9.17) is 5.73 Å². The number of nitrogens with two attached hydrogens (primary N) is 1. The van der Waals surface area contributed by atoms with Crippen LogP contribution in [0.15, 0.2) is 18.2 Å². The van der Waals surface area contributed by atoms with Crippen molar-refractivity contribution in [2.75, 3.05) is 36.5 Å². The topological polar surface area (TPSA) is 75.4 Å². The van der Waals surface area contributed by atoms with E-state index in [1.165, 1.54) is 11.8 Å². The Morgan fingerprint density at radius 1 is 1.44 bits per heavy atom. The summed E-state index contributed by atoms with van der Waals surface area (Å²) in [5.74, 6) is 0. The Labute approximate surface area is 108 Å². The second-order valence-corrected chi connectivity index (χ2v) is 6.44. The van der Waals surface area contributed by atoms with Crippen molar-refractivity contribution in [3.63, 3.8) is 0 Å². The minimum absolute atomic E-state index is 0.424. The molecule has 0 amide bonds. The lowest BCUT2D eigenvalue weighted by Crippen LogP contribution is -2.37. The molecule has 5 nitrogen and oxygen atoms in total. The van der Waals surface area contributed by atoms with Gasteiger partial charge >= 0.3 is 0 Å². The normalized spacial score (nSPS) is 15.5. The molecule has 6 heteroatoms. The fourth-order valence-electron chi connectivity index (χ4n) is 2.33. The van der Waals surface area contributed by atoms with Gasteiger partial charge in [-0.05, 0) is 30.5 Å². The molecule has 0 aromatic heterocycles. The van der Waals surface area contributed by atoms with E-state index in [0.717, 1.165) is 30.8 Å². The molecule has 1 aromatic carbocycles. The Morgan fingerprint density at radius 3 is 2.94 bits per heavy atom. The SMILES string of the molecule is CS(=O)(=O)NCCN1CCCc2c(N)cccc21. The molecular formula is C12H19N3O2S. The first-order valence-electron chi connectivity index (χ1n) is 6.04. The van der Waals surface area contributed by atoms with Gasteiger partial charge in [-0.3, -0.25) is 0 Å². The largest absolute Gasteiger partial charge is 0.398 e. The maximum atomic E-state index is 11.0. The first kappa shape index (κ1) is 13.2. The van der Waals surface area contributed by atoms with E-state index in [-0.39, 0.29) is 0 Å². The summed E-state index contributed by atoms with van der Waals surface area (Å²) in [6, 6.07) is 5.90. The lowest BCUT2D eigenvalue weighted by atomic mass is 10.00. The molecule has 1 heterocycles. The van der Waals surface area contributed by atoms with Gasteiger partial charge in [-0.25, -0.2) is 13.1 Å². The van der Waals surface area contributed by atoms with Gasteiger partial charge in [-0.2, -0.15) is 0 Å². The number of hydrogen-bond acceptors (Lipinski definition) is 4. The van der Waals surface area contributed by atoms with Crippen LogP contribution in [-0.4, -0.2) is 34.3 Å².